The van der Waals surface area contributed by atoms with Crippen LogP contribution in [0.5, 0.6) is 0 Å². The van der Waals surface area contributed by atoms with Crippen LogP contribution in [0.1, 0.15) is 27.7 Å². The molecule has 1 aliphatic heterocycles. The van der Waals surface area contributed by atoms with Gasteiger partial charge in [0.25, 0.3) is 0 Å². The Kier molecular flexibility index (Phi) is 9.44. The normalized spacial score (nSPS) is 15.1. The third-order valence-electron chi connectivity index (χ3n) is 6.46. The van der Waals surface area contributed by atoms with Crippen LogP contribution in [0.2, 0.25) is 0 Å². The van der Waals surface area contributed by atoms with Crippen molar-refractivity contribution < 1.29 is 4.79 Å². The van der Waals surface area contributed by atoms with Crippen LogP contribution < -0.4 is 21.3 Å². The second-order valence-corrected chi connectivity index (χ2v) is 9.48. The number of nitrogens with zero attached hydrogens (tertiary/aromatic N) is 4. The van der Waals surface area contributed by atoms with Crippen molar-refractivity contribution in [2.24, 2.45) is 11.7 Å². The van der Waals surface area contributed by atoms with Crippen LogP contribution in [0.3, 0.4) is 0 Å². The Morgan fingerprint density at radius 1 is 1.15 bits per heavy atom. The van der Waals surface area contributed by atoms with E-state index in [0.717, 1.165) is 61.7 Å². The van der Waals surface area contributed by atoms with E-state index in [4.69, 9.17) is 22.9 Å². The SMILES string of the molecule is CCN(CC)CCNC(=S)Nc1ccc2nc(N3CCN(C(=O)[C@@H](N)C(C)C)CC3)ccc2c1. The Balaban J connectivity index is 1.55. The molecule has 2 heterocycles. The van der Waals surface area contributed by atoms with E-state index >= 15 is 0 Å². The minimum absolute atomic E-state index is 0.0432. The summed E-state index contributed by atoms with van der Waals surface area (Å²) in [6.45, 7) is 15.0. The van der Waals surface area contributed by atoms with Crippen LogP contribution in [0.4, 0.5) is 11.5 Å². The van der Waals surface area contributed by atoms with Crippen molar-refractivity contribution in [1.82, 2.24) is 20.1 Å². The van der Waals surface area contributed by atoms with E-state index in [0.29, 0.717) is 18.2 Å². The number of thiocarbonyl (C=S) groups is 1. The Bertz CT molecular complexity index is 971. The summed E-state index contributed by atoms with van der Waals surface area (Å²) in [4.78, 5) is 23.8. The first-order chi connectivity index (χ1) is 16.3. The molecule has 1 aromatic heterocycles. The van der Waals surface area contributed by atoms with Gasteiger partial charge in [-0.25, -0.2) is 4.98 Å². The summed E-state index contributed by atoms with van der Waals surface area (Å²) in [5, 5.41) is 8.22. The van der Waals surface area contributed by atoms with Crippen molar-refractivity contribution in [3.63, 3.8) is 0 Å². The summed E-state index contributed by atoms with van der Waals surface area (Å²) in [5.41, 5.74) is 7.93. The maximum Gasteiger partial charge on any atom is 0.239 e. The van der Waals surface area contributed by atoms with Crippen LogP contribution >= 0.6 is 12.2 Å². The molecule has 186 valence electrons. The van der Waals surface area contributed by atoms with Gasteiger partial charge in [0.2, 0.25) is 5.91 Å². The number of carbonyl (C=O) groups is 1. The first-order valence-corrected chi connectivity index (χ1v) is 12.7. The number of rotatable bonds is 9. The third kappa shape index (κ3) is 6.77. The van der Waals surface area contributed by atoms with E-state index in [2.05, 4.69) is 46.4 Å². The average Bonchev–Trinajstić information content (AvgIpc) is 2.85. The monoisotopic (exact) mass is 485 g/mol. The van der Waals surface area contributed by atoms with Gasteiger partial charge in [0, 0.05) is 50.3 Å². The highest BCUT2D eigenvalue weighted by Crippen LogP contribution is 2.22. The molecular weight excluding hydrogens is 446 g/mol. The maximum atomic E-state index is 12.5. The number of anilines is 2. The molecule has 8 nitrogen and oxygen atoms in total. The fourth-order valence-electron chi connectivity index (χ4n) is 4.06. The Hall–Kier alpha value is -2.49. The molecule has 1 atom stereocenters. The lowest BCUT2D eigenvalue weighted by molar-refractivity contribution is -0.133. The summed E-state index contributed by atoms with van der Waals surface area (Å²) in [5.74, 6) is 1.12. The largest absolute Gasteiger partial charge is 0.361 e. The highest BCUT2D eigenvalue weighted by molar-refractivity contribution is 7.80. The van der Waals surface area contributed by atoms with E-state index in [9.17, 15) is 4.79 Å². The van der Waals surface area contributed by atoms with Gasteiger partial charge in [0.15, 0.2) is 5.11 Å². The van der Waals surface area contributed by atoms with Gasteiger partial charge in [0.1, 0.15) is 5.82 Å². The predicted octanol–water partition coefficient (Wildman–Crippen LogP) is 2.49. The van der Waals surface area contributed by atoms with Gasteiger partial charge in [-0.3, -0.25) is 4.79 Å². The van der Waals surface area contributed by atoms with Crippen LogP contribution in [0.25, 0.3) is 10.9 Å². The molecule has 4 N–H and O–H groups in total. The highest BCUT2D eigenvalue weighted by atomic mass is 32.1. The number of amides is 1. The first kappa shape index (κ1) is 26.1. The van der Waals surface area contributed by atoms with E-state index in [-0.39, 0.29) is 11.8 Å². The quantitative estimate of drug-likeness (QED) is 0.467. The van der Waals surface area contributed by atoms with Gasteiger partial charge < -0.3 is 31.1 Å². The van der Waals surface area contributed by atoms with E-state index < -0.39 is 6.04 Å². The molecule has 0 bridgehead atoms. The minimum atomic E-state index is -0.432. The molecule has 3 rings (SSSR count). The topological polar surface area (TPSA) is 89.8 Å². The number of nitrogens with one attached hydrogen (secondary N) is 2. The Labute approximate surface area is 208 Å². The van der Waals surface area contributed by atoms with Gasteiger partial charge in [-0.1, -0.05) is 27.7 Å². The van der Waals surface area contributed by atoms with Crippen molar-refractivity contribution >= 4 is 45.6 Å². The number of nitrogens with two attached hydrogens (primary N) is 1. The van der Waals surface area contributed by atoms with Crippen molar-refractivity contribution in [3.8, 4) is 0 Å². The van der Waals surface area contributed by atoms with Crippen LogP contribution in [-0.4, -0.2) is 84.2 Å². The van der Waals surface area contributed by atoms with Crippen LogP contribution in [0, 0.1) is 5.92 Å². The van der Waals surface area contributed by atoms with Gasteiger partial charge in [-0.05, 0) is 61.6 Å². The summed E-state index contributed by atoms with van der Waals surface area (Å²) in [6.07, 6.45) is 0. The molecule has 9 heteroatoms. The zero-order valence-corrected chi connectivity index (χ0v) is 21.7. The summed E-state index contributed by atoms with van der Waals surface area (Å²) in [7, 11) is 0. The van der Waals surface area contributed by atoms with E-state index in [1.54, 1.807) is 0 Å². The van der Waals surface area contributed by atoms with Crippen molar-refractivity contribution in [2.45, 2.75) is 33.7 Å². The standard InChI is InChI=1S/C25H39N7OS/c1-5-30(6-2)12-11-27-25(34)28-20-8-9-21-19(17-20)7-10-22(29-21)31-13-15-32(16-14-31)24(33)23(26)18(3)4/h7-10,17-18,23H,5-6,11-16,26H2,1-4H3,(H2,27,28,34)/t23-/m0/s1. The number of likely N-dealkylation sites (N-methyl/N-ethyl adjacent to an activating group) is 1. The second kappa shape index (κ2) is 12.3. The molecule has 0 saturated carbocycles. The van der Waals surface area contributed by atoms with Crippen LogP contribution in [0.15, 0.2) is 30.3 Å². The highest BCUT2D eigenvalue weighted by Gasteiger charge is 2.27. The summed E-state index contributed by atoms with van der Waals surface area (Å²) < 4.78 is 0. The number of benzene rings is 1. The summed E-state index contributed by atoms with van der Waals surface area (Å²) >= 11 is 5.45. The molecule has 0 aliphatic carbocycles. The first-order valence-electron chi connectivity index (χ1n) is 12.3. The Morgan fingerprint density at radius 3 is 2.50 bits per heavy atom. The van der Waals surface area contributed by atoms with Gasteiger partial charge in [-0.15, -0.1) is 0 Å². The molecule has 1 aliphatic rings. The molecule has 1 saturated heterocycles. The number of aromatic nitrogens is 1. The maximum absolute atomic E-state index is 12.5. The van der Waals surface area contributed by atoms with Crippen molar-refractivity contribution in [2.75, 3.05) is 62.6 Å². The molecule has 34 heavy (non-hydrogen) atoms. The third-order valence-corrected chi connectivity index (χ3v) is 6.71. The van der Waals surface area contributed by atoms with Crippen molar-refractivity contribution in [1.29, 1.82) is 0 Å². The van der Waals surface area contributed by atoms with E-state index in [1.807, 2.05) is 36.9 Å². The molecule has 1 aromatic carbocycles. The zero-order chi connectivity index (χ0) is 24.7. The molecule has 0 spiro atoms. The Morgan fingerprint density at radius 2 is 1.85 bits per heavy atom. The van der Waals surface area contributed by atoms with E-state index in [1.165, 1.54) is 0 Å². The zero-order valence-electron chi connectivity index (χ0n) is 20.9. The molecule has 0 unspecified atom stereocenters. The number of carbonyl (C=O) groups excluding carboxylic acids is 1. The van der Waals surface area contributed by atoms with Gasteiger partial charge >= 0.3 is 0 Å². The molecular formula is C25H39N7OS. The minimum Gasteiger partial charge on any atom is -0.361 e. The lowest BCUT2D eigenvalue weighted by Crippen LogP contribution is -2.54. The fourth-order valence-corrected chi connectivity index (χ4v) is 4.28. The average molecular weight is 486 g/mol. The number of piperazine rings is 1. The number of hydrogen-bond acceptors (Lipinski definition) is 6. The number of pyridine rings is 1. The summed E-state index contributed by atoms with van der Waals surface area (Å²) in [6, 6.07) is 9.78. The van der Waals surface area contributed by atoms with Gasteiger partial charge in [-0.2, -0.15) is 0 Å². The molecule has 1 amide bonds. The van der Waals surface area contributed by atoms with Crippen LogP contribution in [-0.2, 0) is 4.79 Å². The van der Waals surface area contributed by atoms with Gasteiger partial charge in [0.05, 0.1) is 11.6 Å². The lowest BCUT2D eigenvalue weighted by Gasteiger charge is -2.37. The number of fused-ring (bicyclic) bond motifs is 1. The fraction of sp³-hybridized carbons (Fsp3) is 0.560. The molecule has 2 aromatic rings. The smallest absolute Gasteiger partial charge is 0.239 e. The van der Waals surface area contributed by atoms with Crippen molar-refractivity contribution in [3.05, 3.63) is 30.3 Å². The second-order valence-electron chi connectivity index (χ2n) is 9.07. The molecule has 1 fully saturated rings. The number of hydrogen-bond donors (Lipinski definition) is 3. The predicted molar refractivity (Wildman–Crippen MR) is 145 cm³/mol. The lowest BCUT2D eigenvalue weighted by atomic mass is 10.0. The molecule has 0 radical (unpaired) electrons.